The highest BCUT2D eigenvalue weighted by atomic mass is 79.9. The molecule has 0 radical (unpaired) electrons. The van der Waals surface area contributed by atoms with E-state index in [-0.39, 0.29) is 0 Å². The fourth-order valence-corrected chi connectivity index (χ4v) is 5.00. The van der Waals surface area contributed by atoms with Crippen LogP contribution in [0.3, 0.4) is 0 Å². The molecule has 1 aromatic rings. The number of benzene rings is 1. The van der Waals surface area contributed by atoms with Crippen molar-refractivity contribution in [2.75, 3.05) is 0 Å². The van der Waals surface area contributed by atoms with Crippen molar-refractivity contribution in [2.24, 2.45) is 17.8 Å². The van der Waals surface area contributed by atoms with Crippen molar-refractivity contribution in [1.82, 2.24) is 0 Å². The van der Waals surface area contributed by atoms with Gasteiger partial charge in [-0.25, -0.2) is 0 Å². The highest BCUT2D eigenvalue weighted by Gasteiger charge is 2.21. The number of hydrogen-bond donors (Lipinski definition) is 0. The van der Waals surface area contributed by atoms with Crippen LogP contribution in [0.15, 0.2) is 40.9 Å². The van der Waals surface area contributed by atoms with Crippen molar-refractivity contribution < 1.29 is 0 Å². The zero-order chi connectivity index (χ0) is 18.2. The number of hydrogen-bond acceptors (Lipinski definition) is 0. The molecule has 2 fully saturated rings. The molecule has 140 valence electrons. The monoisotopic (exact) mass is 412 g/mol. The fourth-order valence-electron chi connectivity index (χ4n) is 4.73. The second kappa shape index (κ2) is 10.4. The molecule has 0 heterocycles. The topological polar surface area (TPSA) is 0 Å². The van der Waals surface area contributed by atoms with Crippen LogP contribution in [-0.4, -0.2) is 0 Å². The van der Waals surface area contributed by atoms with Gasteiger partial charge in [0, 0.05) is 10.4 Å². The Morgan fingerprint density at radius 2 is 1.65 bits per heavy atom. The molecule has 26 heavy (non-hydrogen) atoms. The van der Waals surface area contributed by atoms with Crippen LogP contribution in [0.25, 0.3) is 0 Å². The van der Waals surface area contributed by atoms with Gasteiger partial charge in [-0.1, -0.05) is 65.7 Å². The van der Waals surface area contributed by atoms with E-state index in [1.165, 1.54) is 74.2 Å². The second-order valence-corrected chi connectivity index (χ2v) is 9.23. The van der Waals surface area contributed by atoms with E-state index in [1.54, 1.807) is 0 Å². The first-order chi connectivity index (χ1) is 12.7. The first kappa shape index (κ1) is 19.8. The van der Waals surface area contributed by atoms with E-state index in [0.29, 0.717) is 5.92 Å². The van der Waals surface area contributed by atoms with E-state index < -0.39 is 0 Å². The summed E-state index contributed by atoms with van der Waals surface area (Å²) < 4.78 is 1.17. The third-order valence-electron chi connectivity index (χ3n) is 6.40. The maximum atomic E-state index is 3.53. The zero-order valence-electron chi connectivity index (χ0n) is 16.2. The molecule has 1 aromatic carbocycles. The third-order valence-corrected chi connectivity index (χ3v) is 6.92. The quantitative estimate of drug-likeness (QED) is 0.440. The maximum Gasteiger partial charge on any atom is 0.0206 e. The van der Waals surface area contributed by atoms with Crippen LogP contribution in [0, 0.1) is 29.6 Å². The van der Waals surface area contributed by atoms with Gasteiger partial charge in [0.05, 0.1) is 0 Å². The molecule has 3 rings (SSSR count). The van der Waals surface area contributed by atoms with Crippen molar-refractivity contribution in [3.63, 3.8) is 0 Å². The summed E-state index contributed by atoms with van der Waals surface area (Å²) in [4.78, 5) is 0. The Hall–Kier alpha value is -1.000. The molecule has 0 aliphatic heterocycles. The Balaban J connectivity index is 1.39. The van der Waals surface area contributed by atoms with Gasteiger partial charge in [0.2, 0.25) is 0 Å². The summed E-state index contributed by atoms with van der Waals surface area (Å²) in [6.45, 7) is 2.31. The fraction of sp³-hybridized carbons (Fsp3) is 0.600. The summed E-state index contributed by atoms with van der Waals surface area (Å²) in [5.74, 6) is 10.0. The summed E-state index contributed by atoms with van der Waals surface area (Å²) in [7, 11) is 0. The Morgan fingerprint density at radius 1 is 0.962 bits per heavy atom. The molecule has 1 heteroatoms. The van der Waals surface area contributed by atoms with Gasteiger partial charge in [-0.15, -0.1) is 0 Å². The van der Waals surface area contributed by atoms with Gasteiger partial charge in [-0.2, -0.15) is 0 Å². The Bertz CT molecular complexity index is 614. The third kappa shape index (κ3) is 6.02. The van der Waals surface area contributed by atoms with Crippen LogP contribution in [0.5, 0.6) is 0 Å². The van der Waals surface area contributed by atoms with Crippen molar-refractivity contribution in [3.8, 4) is 11.8 Å². The van der Waals surface area contributed by atoms with Gasteiger partial charge in [0.1, 0.15) is 0 Å². The molecule has 0 bridgehead atoms. The summed E-state index contributed by atoms with van der Waals surface area (Å²) >= 11 is 3.53. The smallest absolute Gasteiger partial charge is 0.0206 e. The minimum Gasteiger partial charge on any atom is -0.0951 e. The lowest BCUT2D eigenvalue weighted by molar-refractivity contribution is 0.294. The molecular formula is C25H33Br. The van der Waals surface area contributed by atoms with Gasteiger partial charge >= 0.3 is 0 Å². The summed E-state index contributed by atoms with van der Waals surface area (Å²) in [6.07, 6.45) is 18.0. The predicted molar refractivity (Wildman–Crippen MR) is 116 cm³/mol. The van der Waals surface area contributed by atoms with E-state index in [1.807, 2.05) is 0 Å². The lowest BCUT2D eigenvalue weighted by atomic mass is 9.79. The van der Waals surface area contributed by atoms with Crippen LogP contribution < -0.4 is 0 Å². The molecule has 0 saturated heterocycles. The van der Waals surface area contributed by atoms with Crippen LogP contribution in [0.4, 0.5) is 0 Å². The SMILES string of the molecule is CCCC1CCC(/C=C/C#CC2CCC(c3ccc(Br)cc3)CC2)CC1. The molecule has 0 amide bonds. The van der Waals surface area contributed by atoms with Crippen LogP contribution >= 0.6 is 15.9 Å². The van der Waals surface area contributed by atoms with E-state index in [2.05, 4.69) is 71.1 Å². The largest absolute Gasteiger partial charge is 0.0951 e. The van der Waals surface area contributed by atoms with Crippen molar-refractivity contribution in [3.05, 3.63) is 46.5 Å². The Kier molecular flexibility index (Phi) is 7.87. The second-order valence-electron chi connectivity index (χ2n) is 8.32. The molecule has 0 aromatic heterocycles. The van der Waals surface area contributed by atoms with Crippen LogP contribution in [0.2, 0.25) is 0 Å². The minimum atomic E-state index is 0.603. The van der Waals surface area contributed by atoms with Crippen molar-refractivity contribution in [2.45, 2.75) is 77.0 Å². The average molecular weight is 413 g/mol. The zero-order valence-corrected chi connectivity index (χ0v) is 17.8. The summed E-state index contributed by atoms with van der Waals surface area (Å²) in [6, 6.07) is 8.89. The van der Waals surface area contributed by atoms with Crippen molar-refractivity contribution >= 4 is 15.9 Å². The van der Waals surface area contributed by atoms with Crippen LogP contribution in [-0.2, 0) is 0 Å². The summed E-state index contributed by atoms with van der Waals surface area (Å²) in [5, 5.41) is 0. The number of halogens is 1. The minimum absolute atomic E-state index is 0.603. The molecule has 0 N–H and O–H groups in total. The first-order valence-corrected chi connectivity index (χ1v) is 11.5. The standard InChI is InChI=1S/C25H33Br/c1-2-5-20-8-10-21(11-9-20)6-3-4-7-22-12-14-23(15-13-22)24-16-18-25(26)19-17-24/h3,6,16-23H,2,5,8-15H2,1H3/b6-3+. The molecule has 0 spiro atoms. The Labute approximate surface area is 169 Å². The van der Waals surface area contributed by atoms with E-state index >= 15 is 0 Å². The first-order valence-electron chi connectivity index (χ1n) is 10.7. The predicted octanol–water partition coefficient (Wildman–Crippen LogP) is 7.89. The van der Waals surface area contributed by atoms with Gasteiger partial charge in [-0.05, 0) is 92.9 Å². The number of allylic oxidation sites excluding steroid dienone is 2. The highest BCUT2D eigenvalue weighted by molar-refractivity contribution is 9.10. The van der Waals surface area contributed by atoms with Crippen molar-refractivity contribution in [1.29, 1.82) is 0 Å². The van der Waals surface area contributed by atoms with Gasteiger partial charge in [-0.3, -0.25) is 0 Å². The lowest BCUT2D eigenvalue weighted by Gasteiger charge is -2.26. The van der Waals surface area contributed by atoms with E-state index in [4.69, 9.17) is 0 Å². The lowest BCUT2D eigenvalue weighted by Crippen LogP contribution is -2.12. The molecular weight excluding hydrogens is 380 g/mol. The van der Waals surface area contributed by atoms with Gasteiger partial charge in [0.25, 0.3) is 0 Å². The maximum absolute atomic E-state index is 3.53. The highest BCUT2D eigenvalue weighted by Crippen LogP contribution is 2.36. The van der Waals surface area contributed by atoms with E-state index in [0.717, 1.165) is 17.8 Å². The average Bonchev–Trinajstić information content (AvgIpc) is 2.68. The van der Waals surface area contributed by atoms with Gasteiger partial charge in [0.15, 0.2) is 0 Å². The van der Waals surface area contributed by atoms with Gasteiger partial charge < -0.3 is 0 Å². The molecule has 0 atom stereocenters. The molecule has 2 aliphatic carbocycles. The van der Waals surface area contributed by atoms with E-state index in [9.17, 15) is 0 Å². The normalized spacial score (nSPS) is 29.3. The van der Waals surface area contributed by atoms with Crippen LogP contribution in [0.1, 0.15) is 82.6 Å². The Morgan fingerprint density at radius 3 is 2.31 bits per heavy atom. The molecule has 2 saturated carbocycles. The summed E-state index contributed by atoms with van der Waals surface area (Å²) in [5.41, 5.74) is 1.50. The molecule has 0 unspecified atom stereocenters. The molecule has 2 aliphatic rings. The molecule has 0 nitrogen and oxygen atoms in total. The number of rotatable bonds is 4.